The summed E-state index contributed by atoms with van der Waals surface area (Å²) in [7, 11) is 1.43. The van der Waals surface area contributed by atoms with Gasteiger partial charge in [-0.25, -0.2) is 0 Å². The van der Waals surface area contributed by atoms with Gasteiger partial charge in [0.1, 0.15) is 0 Å². The molecule has 0 fully saturated rings. The van der Waals surface area contributed by atoms with Crippen molar-refractivity contribution in [2.75, 3.05) is 13.7 Å². The van der Waals surface area contributed by atoms with Crippen LogP contribution in [-0.2, 0) is 9.53 Å². The highest BCUT2D eigenvalue weighted by Gasteiger charge is 2.19. The summed E-state index contributed by atoms with van der Waals surface area (Å²) in [6, 6.07) is 4.49. The summed E-state index contributed by atoms with van der Waals surface area (Å²) < 4.78 is 4.72. The summed E-state index contributed by atoms with van der Waals surface area (Å²) in [5.74, 6) is 0.228. The summed E-state index contributed by atoms with van der Waals surface area (Å²) in [4.78, 5) is 12.6. The minimum Gasteiger partial charge on any atom is -0.469 e. The third kappa shape index (κ3) is 4.13. The maximum atomic E-state index is 11.3. The molecule has 3 nitrogen and oxygen atoms in total. The number of rotatable bonds is 6. The second kappa shape index (κ2) is 6.77. The fourth-order valence-corrected chi connectivity index (χ4v) is 2.69. The highest BCUT2D eigenvalue weighted by molar-refractivity contribution is 7.10. The summed E-state index contributed by atoms with van der Waals surface area (Å²) in [6.45, 7) is 6.89. The Bertz CT molecular complexity index is 335. The number of carbonyl (C=O) groups is 1. The van der Waals surface area contributed by atoms with E-state index in [9.17, 15) is 4.79 Å². The highest BCUT2D eigenvalue weighted by Crippen LogP contribution is 2.25. The van der Waals surface area contributed by atoms with Crippen LogP contribution in [0.1, 0.15) is 31.7 Å². The van der Waals surface area contributed by atoms with E-state index in [0.29, 0.717) is 18.5 Å². The third-order valence-electron chi connectivity index (χ3n) is 2.76. The minimum atomic E-state index is -0.161. The molecule has 0 saturated heterocycles. The molecule has 2 atom stereocenters. The molecule has 1 aromatic heterocycles. The molecule has 0 spiro atoms. The lowest BCUT2D eigenvalue weighted by atomic mass is 10.0. The first-order valence-corrected chi connectivity index (χ1v) is 6.78. The monoisotopic (exact) mass is 255 g/mol. The smallest absolute Gasteiger partial charge is 0.309 e. The van der Waals surface area contributed by atoms with Crippen LogP contribution < -0.4 is 5.32 Å². The number of esters is 1. The predicted octanol–water partition coefficient (Wildman–Crippen LogP) is 2.84. The molecular formula is C13H21NO2S. The lowest BCUT2D eigenvalue weighted by Crippen LogP contribution is -2.32. The Balaban J connectivity index is 2.55. The van der Waals surface area contributed by atoms with E-state index in [1.165, 1.54) is 12.0 Å². The number of thiophene rings is 1. The molecule has 0 aliphatic rings. The van der Waals surface area contributed by atoms with E-state index in [4.69, 9.17) is 4.74 Å². The van der Waals surface area contributed by atoms with Gasteiger partial charge >= 0.3 is 5.97 Å². The van der Waals surface area contributed by atoms with Crippen LogP contribution in [0, 0.1) is 11.8 Å². The van der Waals surface area contributed by atoms with Crippen molar-refractivity contribution in [1.29, 1.82) is 0 Å². The van der Waals surface area contributed by atoms with Gasteiger partial charge in [0.05, 0.1) is 13.0 Å². The highest BCUT2D eigenvalue weighted by atomic mass is 32.1. The van der Waals surface area contributed by atoms with Gasteiger partial charge in [-0.3, -0.25) is 4.79 Å². The average Bonchev–Trinajstić information content (AvgIpc) is 2.81. The standard InChI is InChI=1S/C13H21NO2S/c1-9(2)12(11-6-5-7-17-11)14-8-10(3)13(15)16-4/h5-7,9-10,12,14H,8H2,1-4H3. The van der Waals surface area contributed by atoms with Gasteiger partial charge in [-0.15, -0.1) is 11.3 Å². The Morgan fingerprint density at radius 2 is 2.18 bits per heavy atom. The van der Waals surface area contributed by atoms with Crippen molar-refractivity contribution in [3.8, 4) is 0 Å². The van der Waals surface area contributed by atoms with Crippen molar-refractivity contribution in [3.05, 3.63) is 22.4 Å². The number of methoxy groups -OCH3 is 1. The molecule has 96 valence electrons. The fourth-order valence-electron chi connectivity index (χ4n) is 1.72. The number of carbonyl (C=O) groups excluding carboxylic acids is 1. The molecule has 1 rings (SSSR count). The normalized spacial score (nSPS) is 14.6. The van der Waals surface area contributed by atoms with Crippen LogP contribution in [0.25, 0.3) is 0 Å². The molecule has 0 radical (unpaired) electrons. The molecular weight excluding hydrogens is 234 g/mol. The number of hydrogen-bond acceptors (Lipinski definition) is 4. The summed E-state index contributed by atoms with van der Waals surface area (Å²) >= 11 is 1.75. The molecule has 4 heteroatoms. The zero-order valence-corrected chi connectivity index (χ0v) is 11.7. The molecule has 0 bridgehead atoms. The van der Waals surface area contributed by atoms with E-state index >= 15 is 0 Å². The van der Waals surface area contributed by atoms with Crippen LogP contribution in [-0.4, -0.2) is 19.6 Å². The van der Waals surface area contributed by atoms with E-state index in [2.05, 4.69) is 36.7 Å². The fraction of sp³-hybridized carbons (Fsp3) is 0.615. The van der Waals surface area contributed by atoms with E-state index in [0.717, 1.165) is 0 Å². The Kier molecular flexibility index (Phi) is 5.65. The second-order valence-electron chi connectivity index (χ2n) is 4.57. The first-order chi connectivity index (χ1) is 8.06. The molecule has 1 N–H and O–H groups in total. The summed E-state index contributed by atoms with van der Waals surface area (Å²) in [5, 5.41) is 5.53. The molecule has 0 amide bonds. The average molecular weight is 255 g/mol. The van der Waals surface area contributed by atoms with Gasteiger partial charge in [0.2, 0.25) is 0 Å². The van der Waals surface area contributed by atoms with Crippen molar-refractivity contribution in [2.45, 2.75) is 26.8 Å². The van der Waals surface area contributed by atoms with Crippen LogP contribution in [0.15, 0.2) is 17.5 Å². The Labute approximate surface area is 107 Å². The van der Waals surface area contributed by atoms with Crippen LogP contribution in [0.5, 0.6) is 0 Å². The Morgan fingerprint density at radius 3 is 2.65 bits per heavy atom. The minimum absolute atomic E-state index is 0.110. The largest absolute Gasteiger partial charge is 0.469 e. The lowest BCUT2D eigenvalue weighted by molar-refractivity contribution is -0.144. The molecule has 17 heavy (non-hydrogen) atoms. The van der Waals surface area contributed by atoms with Crippen molar-refractivity contribution in [1.82, 2.24) is 5.32 Å². The van der Waals surface area contributed by atoms with Gasteiger partial charge in [0, 0.05) is 17.5 Å². The second-order valence-corrected chi connectivity index (χ2v) is 5.55. The van der Waals surface area contributed by atoms with Crippen LogP contribution in [0.3, 0.4) is 0 Å². The Morgan fingerprint density at radius 1 is 1.47 bits per heavy atom. The van der Waals surface area contributed by atoms with E-state index in [-0.39, 0.29) is 11.9 Å². The molecule has 0 saturated carbocycles. The van der Waals surface area contributed by atoms with Gasteiger partial charge in [-0.1, -0.05) is 26.8 Å². The number of nitrogens with one attached hydrogen (secondary N) is 1. The van der Waals surface area contributed by atoms with Crippen molar-refractivity contribution < 1.29 is 9.53 Å². The van der Waals surface area contributed by atoms with Crippen molar-refractivity contribution in [3.63, 3.8) is 0 Å². The summed E-state index contributed by atoms with van der Waals surface area (Å²) in [5.41, 5.74) is 0. The van der Waals surface area contributed by atoms with Crippen molar-refractivity contribution >= 4 is 17.3 Å². The molecule has 1 aromatic rings. The number of hydrogen-bond donors (Lipinski definition) is 1. The SMILES string of the molecule is COC(=O)C(C)CNC(c1cccs1)C(C)C. The van der Waals surface area contributed by atoms with Crippen LogP contribution in [0.4, 0.5) is 0 Å². The zero-order valence-electron chi connectivity index (χ0n) is 10.9. The Hall–Kier alpha value is -0.870. The molecule has 0 aliphatic carbocycles. The van der Waals surface area contributed by atoms with Gasteiger partial charge in [0.15, 0.2) is 0 Å². The summed E-state index contributed by atoms with van der Waals surface area (Å²) in [6.07, 6.45) is 0. The van der Waals surface area contributed by atoms with Gasteiger partial charge in [0.25, 0.3) is 0 Å². The number of ether oxygens (including phenoxy) is 1. The molecule has 0 aromatic carbocycles. The van der Waals surface area contributed by atoms with E-state index in [1.54, 1.807) is 11.3 Å². The zero-order chi connectivity index (χ0) is 12.8. The third-order valence-corrected chi connectivity index (χ3v) is 3.72. The lowest BCUT2D eigenvalue weighted by Gasteiger charge is -2.22. The maximum absolute atomic E-state index is 11.3. The topological polar surface area (TPSA) is 38.3 Å². The molecule has 2 unspecified atom stereocenters. The van der Waals surface area contributed by atoms with Crippen LogP contribution >= 0.6 is 11.3 Å². The van der Waals surface area contributed by atoms with E-state index < -0.39 is 0 Å². The van der Waals surface area contributed by atoms with Crippen molar-refractivity contribution in [2.24, 2.45) is 11.8 Å². The molecule has 1 heterocycles. The quantitative estimate of drug-likeness (QED) is 0.794. The van der Waals surface area contributed by atoms with Gasteiger partial charge in [-0.05, 0) is 17.4 Å². The maximum Gasteiger partial charge on any atom is 0.309 e. The molecule has 0 aliphatic heterocycles. The van der Waals surface area contributed by atoms with Gasteiger partial charge < -0.3 is 10.1 Å². The van der Waals surface area contributed by atoms with Crippen LogP contribution in [0.2, 0.25) is 0 Å². The van der Waals surface area contributed by atoms with E-state index in [1.807, 2.05) is 6.92 Å². The first kappa shape index (κ1) is 14.2. The predicted molar refractivity (Wildman–Crippen MR) is 71.1 cm³/mol. The first-order valence-electron chi connectivity index (χ1n) is 5.90. The van der Waals surface area contributed by atoms with Gasteiger partial charge in [-0.2, -0.15) is 0 Å².